The molecule has 0 aromatic heterocycles. The third kappa shape index (κ3) is 3.79. The van der Waals surface area contributed by atoms with E-state index in [4.69, 9.17) is 23.2 Å². The molecule has 1 aromatic rings. The van der Waals surface area contributed by atoms with Crippen LogP contribution >= 0.6 is 23.2 Å². The summed E-state index contributed by atoms with van der Waals surface area (Å²) in [6.45, 7) is 3.57. The summed E-state index contributed by atoms with van der Waals surface area (Å²) >= 11 is 11.4. The number of alkyl halides is 1. The Hall–Kier alpha value is -0.930. The van der Waals surface area contributed by atoms with Crippen LogP contribution in [0, 0.1) is 5.92 Å². The highest BCUT2D eigenvalue weighted by atomic mass is 35.5. The second-order valence-electron chi connectivity index (χ2n) is 4.42. The summed E-state index contributed by atoms with van der Waals surface area (Å²) in [4.78, 5) is 23.2. The Labute approximate surface area is 115 Å². The summed E-state index contributed by atoms with van der Waals surface area (Å²) in [7, 11) is 0. The lowest BCUT2D eigenvalue weighted by atomic mass is 9.98. The van der Waals surface area contributed by atoms with Crippen LogP contribution in [-0.4, -0.2) is 17.7 Å². The number of benzene rings is 1. The van der Waals surface area contributed by atoms with Gasteiger partial charge in [0.25, 0.3) is 0 Å². The normalized spacial score (nSPS) is 12.6. The molecule has 1 unspecified atom stereocenters. The quantitative estimate of drug-likeness (QED) is 0.604. The Morgan fingerprint density at radius 3 is 2.33 bits per heavy atom. The van der Waals surface area contributed by atoms with Crippen molar-refractivity contribution in [1.29, 1.82) is 0 Å². The number of carbonyl (C=O) groups excluding carboxylic acids is 2. The first-order valence-electron chi connectivity index (χ1n) is 5.49. The van der Waals surface area contributed by atoms with Crippen LogP contribution < -0.4 is 0 Å². The highest BCUT2D eigenvalue weighted by Crippen LogP contribution is 2.24. The van der Waals surface area contributed by atoms with Crippen LogP contribution in [0.4, 0.5) is 4.39 Å². The molecule has 18 heavy (non-hydrogen) atoms. The maximum atomic E-state index is 13.7. The Morgan fingerprint density at radius 2 is 1.83 bits per heavy atom. The lowest BCUT2D eigenvalue weighted by Crippen LogP contribution is -2.26. The van der Waals surface area contributed by atoms with Crippen LogP contribution in [0.3, 0.4) is 0 Å². The van der Waals surface area contributed by atoms with E-state index in [-0.39, 0.29) is 27.9 Å². The van der Waals surface area contributed by atoms with Crippen molar-refractivity contribution in [2.45, 2.75) is 26.4 Å². The van der Waals surface area contributed by atoms with Gasteiger partial charge >= 0.3 is 0 Å². The van der Waals surface area contributed by atoms with Gasteiger partial charge in [-0.3, -0.25) is 9.59 Å². The van der Waals surface area contributed by atoms with Crippen LogP contribution in [0.25, 0.3) is 0 Å². The van der Waals surface area contributed by atoms with Gasteiger partial charge in [-0.15, -0.1) is 0 Å². The Balaban J connectivity index is 2.86. The first-order valence-corrected chi connectivity index (χ1v) is 6.24. The fraction of sp³-hybridized carbons (Fsp3) is 0.385. The molecule has 0 saturated carbocycles. The molecule has 0 spiro atoms. The van der Waals surface area contributed by atoms with Gasteiger partial charge in [-0.2, -0.15) is 0 Å². The molecule has 0 aliphatic rings. The average Bonchev–Trinajstić information content (AvgIpc) is 2.30. The van der Waals surface area contributed by atoms with Crippen molar-refractivity contribution in [3.8, 4) is 0 Å². The van der Waals surface area contributed by atoms with Crippen molar-refractivity contribution in [2.75, 3.05) is 0 Å². The molecular weight excluding hydrogens is 278 g/mol. The van der Waals surface area contributed by atoms with Gasteiger partial charge in [0.15, 0.2) is 5.78 Å². The average molecular weight is 291 g/mol. The van der Waals surface area contributed by atoms with Crippen LogP contribution in [0.15, 0.2) is 18.2 Å². The molecule has 0 radical (unpaired) electrons. The van der Waals surface area contributed by atoms with E-state index in [1.807, 2.05) is 0 Å². The molecule has 2 nitrogen and oxygen atoms in total. The van der Waals surface area contributed by atoms with Crippen molar-refractivity contribution < 1.29 is 14.0 Å². The number of rotatable bonds is 5. The Kier molecular flexibility index (Phi) is 5.29. The molecule has 0 heterocycles. The number of ketones is 2. The topological polar surface area (TPSA) is 34.1 Å². The van der Waals surface area contributed by atoms with E-state index < -0.39 is 17.7 Å². The lowest BCUT2D eigenvalue weighted by molar-refractivity contribution is -0.122. The minimum absolute atomic E-state index is 0.0114. The van der Waals surface area contributed by atoms with Crippen molar-refractivity contribution in [1.82, 2.24) is 0 Å². The first-order chi connectivity index (χ1) is 8.32. The predicted octanol–water partition coefficient (Wildman–Crippen LogP) is 4.13. The van der Waals surface area contributed by atoms with Crippen molar-refractivity contribution in [2.24, 2.45) is 5.92 Å². The van der Waals surface area contributed by atoms with Crippen molar-refractivity contribution >= 4 is 34.8 Å². The zero-order valence-corrected chi connectivity index (χ0v) is 11.6. The highest BCUT2D eigenvalue weighted by Gasteiger charge is 2.27. The third-order valence-corrected chi connectivity index (χ3v) is 3.07. The van der Waals surface area contributed by atoms with Crippen molar-refractivity contribution in [3.63, 3.8) is 0 Å². The number of Topliss-reactive ketones (excluding diaryl/α,β-unsaturated/α-hetero) is 2. The van der Waals surface area contributed by atoms with Crippen LogP contribution in [-0.2, 0) is 4.79 Å². The SMILES string of the molecule is CC(C)CC(=O)C(F)C(=O)c1ccc(Cl)c(Cl)c1. The van der Waals surface area contributed by atoms with Gasteiger partial charge < -0.3 is 0 Å². The van der Waals surface area contributed by atoms with Gasteiger partial charge in [0, 0.05) is 12.0 Å². The van der Waals surface area contributed by atoms with E-state index in [0.29, 0.717) is 0 Å². The smallest absolute Gasteiger partial charge is 0.220 e. The molecule has 1 rings (SSSR count). The van der Waals surface area contributed by atoms with E-state index in [1.165, 1.54) is 18.2 Å². The molecule has 0 N–H and O–H groups in total. The summed E-state index contributed by atoms with van der Waals surface area (Å²) in [5.41, 5.74) is 0.0500. The second-order valence-corrected chi connectivity index (χ2v) is 5.23. The van der Waals surface area contributed by atoms with Crippen molar-refractivity contribution in [3.05, 3.63) is 33.8 Å². The molecule has 98 valence electrons. The molecular formula is C13H13Cl2FO2. The Bertz CT molecular complexity index is 472. The van der Waals surface area contributed by atoms with E-state index in [0.717, 1.165) is 0 Å². The highest BCUT2D eigenvalue weighted by molar-refractivity contribution is 6.42. The molecule has 1 aromatic carbocycles. The standard InChI is InChI=1S/C13H13Cl2FO2/c1-7(2)5-11(17)12(16)13(18)8-3-4-9(14)10(15)6-8/h3-4,6-7,12H,5H2,1-2H3. The molecule has 5 heteroatoms. The van der Waals surface area contributed by atoms with E-state index in [1.54, 1.807) is 13.8 Å². The van der Waals surface area contributed by atoms with Crippen LogP contribution in [0.5, 0.6) is 0 Å². The lowest BCUT2D eigenvalue weighted by Gasteiger charge is -2.09. The number of halogens is 3. The van der Waals surface area contributed by atoms with Gasteiger partial charge in [0.2, 0.25) is 12.0 Å². The molecule has 0 aliphatic carbocycles. The number of hydrogen-bond donors (Lipinski definition) is 0. The molecule has 1 atom stereocenters. The van der Waals surface area contributed by atoms with Gasteiger partial charge in [-0.25, -0.2) is 4.39 Å². The maximum absolute atomic E-state index is 13.7. The molecule has 0 amide bonds. The minimum Gasteiger partial charge on any atom is -0.296 e. The fourth-order valence-corrected chi connectivity index (χ4v) is 1.75. The fourth-order valence-electron chi connectivity index (χ4n) is 1.45. The molecule has 0 fully saturated rings. The van der Waals surface area contributed by atoms with Gasteiger partial charge in [-0.05, 0) is 24.1 Å². The van der Waals surface area contributed by atoms with E-state index in [2.05, 4.69) is 0 Å². The van der Waals surface area contributed by atoms with Crippen LogP contribution in [0.2, 0.25) is 10.0 Å². The zero-order valence-electron chi connectivity index (χ0n) is 10.0. The summed E-state index contributed by atoms with van der Waals surface area (Å²) in [6.07, 6.45) is -2.10. The summed E-state index contributed by atoms with van der Waals surface area (Å²) in [5, 5.41) is 0.433. The maximum Gasteiger partial charge on any atom is 0.220 e. The van der Waals surface area contributed by atoms with Gasteiger partial charge in [-0.1, -0.05) is 37.0 Å². The first kappa shape index (κ1) is 15.1. The van der Waals surface area contributed by atoms with Crippen LogP contribution in [0.1, 0.15) is 30.6 Å². The molecule has 0 bridgehead atoms. The third-order valence-electron chi connectivity index (χ3n) is 2.33. The number of carbonyl (C=O) groups is 2. The second kappa shape index (κ2) is 6.30. The van der Waals surface area contributed by atoms with E-state index in [9.17, 15) is 14.0 Å². The summed E-state index contributed by atoms with van der Waals surface area (Å²) in [6, 6.07) is 4.02. The Morgan fingerprint density at radius 1 is 1.22 bits per heavy atom. The molecule has 0 saturated heterocycles. The number of hydrogen-bond acceptors (Lipinski definition) is 2. The van der Waals surface area contributed by atoms with E-state index >= 15 is 0 Å². The summed E-state index contributed by atoms with van der Waals surface area (Å²) < 4.78 is 13.7. The van der Waals surface area contributed by atoms with Gasteiger partial charge in [0.1, 0.15) is 0 Å². The monoisotopic (exact) mass is 290 g/mol. The van der Waals surface area contributed by atoms with Gasteiger partial charge in [0.05, 0.1) is 10.0 Å². The largest absolute Gasteiger partial charge is 0.296 e. The molecule has 0 aliphatic heterocycles. The summed E-state index contributed by atoms with van der Waals surface area (Å²) in [5.74, 6) is -1.57. The predicted molar refractivity (Wildman–Crippen MR) is 70.2 cm³/mol. The zero-order chi connectivity index (χ0) is 13.9. The minimum atomic E-state index is -2.13.